The zero-order chi connectivity index (χ0) is 28.8. The van der Waals surface area contributed by atoms with E-state index in [-0.39, 0.29) is 11.9 Å². The Morgan fingerprint density at radius 2 is 1.74 bits per heavy atom. The van der Waals surface area contributed by atoms with E-state index in [1.165, 1.54) is 28.1 Å². The van der Waals surface area contributed by atoms with E-state index in [4.69, 9.17) is 0 Å². The van der Waals surface area contributed by atoms with Gasteiger partial charge in [0.1, 0.15) is 0 Å². The van der Waals surface area contributed by atoms with Gasteiger partial charge in [-0.3, -0.25) is 9.69 Å². The molecule has 3 aliphatic heterocycles. The molecule has 5 heterocycles. The van der Waals surface area contributed by atoms with Crippen molar-refractivity contribution in [2.75, 3.05) is 55.6 Å². The van der Waals surface area contributed by atoms with Crippen molar-refractivity contribution in [1.29, 1.82) is 0 Å². The van der Waals surface area contributed by atoms with Crippen molar-refractivity contribution in [3.8, 4) is 0 Å². The summed E-state index contributed by atoms with van der Waals surface area (Å²) in [6, 6.07) is 17.2. The SMILES string of the molecule is Cc1cc(C)c(C(=O)N2CCN(c3nccc4cc[nH]c34)C[C@H]2C)cc1CN1CCN(c2ccccc2C2=CN2)CC1. The molecule has 0 unspecified atom stereocenters. The minimum atomic E-state index is 0.0833. The Balaban J connectivity index is 1.02. The van der Waals surface area contributed by atoms with Gasteiger partial charge in [-0.2, -0.15) is 0 Å². The molecule has 7 rings (SSSR count). The van der Waals surface area contributed by atoms with Gasteiger partial charge < -0.3 is 25.0 Å². The Hall–Kier alpha value is -4.30. The van der Waals surface area contributed by atoms with E-state index in [0.29, 0.717) is 6.54 Å². The number of amides is 1. The van der Waals surface area contributed by atoms with Crippen LogP contribution in [0.5, 0.6) is 0 Å². The topological polar surface area (TPSA) is 80.7 Å². The molecule has 1 atom stereocenters. The number of aryl methyl sites for hydroxylation is 2. The van der Waals surface area contributed by atoms with Gasteiger partial charge in [0.05, 0.1) is 11.2 Å². The summed E-state index contributed by atoms with van der Waals surface area (Å²) >= 11 is 0. The smallest absolute Gasteiger partial charge is 0.254 e. The van der Waals surface area contributed by atoms with Crippen molar-refractivity contribution in [3.05, 3.63) is 94.9 Å². The lowest BCUT2D eigenvalue weighted by atomic mass is 9.97. The molecular weight excluding hydrogens is 522 g/mol. The van der Waals surface area contributed by atoms with Crippen molar-refractivity contribution in [2.24, 2.45) is 0 Å². The van der Waals surface area contributed by atoms with E-state index in [2.05, 4.69) is 99.4 Å². The van der Waals surface area contributed by atoms with Crippen molar-refractivity contribution < 1.29 is 4.79 Å². The Morgan fingerprint density at radius 1 is 0.952 bits per heavy atom. The van der Waals surface area contributed by atoms with E-state index in [9.17, 15) is 4.79 Å². The molecule has 216 valence electrons. The highest BCUT2D eigenvalue weighted by Crippen LogP contribution is 2.31. The fourth-order valence-electron chi connectivity index (χ4n) is 6.67. The molecule has 0 aliphatic carbocycles. The molecule has 0 spiro atoms. The van der Waals surface area contributed by atoms with Crippen LogP contribution in [0.25, 0.3) is 16.6 Å². The highest BCUT2D eigenvalue weighted by molar-refractivity contribution is 5.96. The number of anilines is 2. The molecule has 8 heteroatoms. The summed E-state index contributed by atoms with van der Waals surface area (Å²) < 4.78 is 0. The summed E-state index contributed by atoms with van der Waals surface area (Å²) in [4.78, 5) is 31.3. The maximum absolute atomic E-state index is 13.9. The Labute approximate surface area is 247 Å². The first-order valence-corrected chi connectivity index (χ1v) is 15.1. The van der Waals surface area contributed by atoms with Gasteiger partial charge in [-0.05, 0) is 61.7 Å². The molecule has 0 bridgehead atoms. The first kappa shape index (κ1) is 26.6. The molecule has 2 saturated heterocycles. The van der Waals surface area contributed by atoms with E-state index >= 15 is 0 Å². The van der Waals surface area contributed by atoms with Crippen LogP contribution in [0.3, 0.4) is 0 Å². The van der Waals surface area contributed by atoms with Crippen molar-refractivity contribution in [1.82, 2.24) is 25.1 Å². The molecule has 0 radical (unpaired) electrons. The van der Waals surface area contributed by atoms with Crippen LogP contribution in [0.1, 0.15) is 39.5 Å². The van der Waals surface area contributed by atoms with Crippen LogP contribution in [0.15, 0.2) is 67.1 Å². The van der Waals surface area contributed by atoms with E-state index < -0.39 is 0 Å². The maximum atomic E-state index is 13.9. The number of carbonyl (C=O) groups excluding carboxylic acids is 1. The average molecular weight is 562 g/mol. The quantitative estimate of drug-likeness (QED) is 0.354. The summed E-state index contributed by atoms with van der Waals surface area (Å²) in [7, 11) is 0. The van der Waals surface area contributed by atoms with Crippen LogP contribution in [-0.2, 0) is 6.54 Å². The minimum absolute atomic E-state index is 0.0833. The third-order valence-corrected chi connectivity index (χ3v) is 9.14. The van der Waals surface area contributed by atoms with Gasteiger partial charge >= 0.3 is 0 Å². The summed E-state index contributed by atoms with van der Waals surface area (Å²) in [5, 5.41) is 4.42. The molecule has 1 amide bonds. The number of hydrogen-bond donors (Lipinski definition) is 2. The normalized spacial score (nSPS) is 19.2. The minimum Gasteiger partial charge on any atom is -0.368 e. The predicted molar refractivity (Wildman–Crippen MR) is 170 cm³/mol. The number of pyridine rings is 1. The first-order valence-electron chi connectivity index (χ1n) is 15.1. The van der Waals surface area contributed by atoms with E-state index in [1.54, 1.807) is 0 Å². The van der Waals surface area contributed by atoms with Gasteiger partial charge in [0, 0.05) is 99.2 Å². The fourth-order valence-corrected chi connectivity index (χ4v) is 6.67. The molecule has 2 N–H and O–H groups in total. The molecule has 2 aromatic carbocycles. The summed E-state index contributed by atoms with van der Waals surface area (Å²) in [6.07, 6.45) is 5.89. The summed E-state index contributed by atoms with van der Waals surface area (Å²) in [5.41, 5.74) is 9.28. The number of benzene rings is 2. The van der Waals surface area contributed by atoms with Gasteiger partial charge in [-0.15, -0.1) is 0 Å². The highest BCUT2D eigenvalue weighted by Gasteiger charge is 2.31. The molecule has 0 saturated carbocycles. The number of fused-ring (bicyclic) bond motifs is 1. The zero-order valence-corrected chi connectivity index (χ0v) is 24.7. The molecule has 2 fully saturated rings. The van der Waals surface area contributed by atoms with Crippen LogP contribution >= 0.6 is 0 Å². The molecule has 8 nitrogen and oxygen atoms in total. The largest absolute Gasteiger partial charge is 0.368 e. The molecule has 4 aromatic rings. The van der Waals surface area contributed by atoms with Crippen LogP contribution < -0.4 is 15.1 Å². The second kappa shape index (κ2) is 10.8. The van der Waals surface area contributed by atoms with Crippen LogP contribution in [0, 0.1) is 13.8 Å². The van der Waals surface area contributed by atoms with Gasteiger partial charge in [-0.1, -0.05) is 24.3 Å². The number of nitrogens with one attached hydrogen (secondary N) is 2. The lowest BCUT2D eigenvalue weighted by molar-refractivity contribution is 0.0673. The second-order valence-corrected chi connectivity index (χ2v) is 11.9. The molecular formula is C34H39N7O. The molecule has 42 heavy (non-hydrogen) atoms. The maximum Gasteiger partial charge on any atom is 0.254 e. The number of piperazine rings is 2. The Kier molecular flexibility index (Phi) is 6.86. The summed E-state index contributed by atoms with van der Waals surface area (Å²) in [6.45, 7) is 13.4. The highest BCUT2D eigenvalue weighted by atomic mass is 16.2. The second-order valence-electron chi connectivity index (χ2n) is 11.9. The standard InChI is InChI=1S/C34H39N7O/c1-23-18-24(2)29(34(42)41-17-16-40(21-25(41)3)33-32-26(8-10-35-32)9-11-36-33)19-27(23)22-38-12-14-39(15-13-38)31-7-5-4-6-28(31)30-20-37-30/h4-11,18-20,25,35,37H,12-17,21-22H2,1-3H3/t25-/m1/s1. The van der Waals surface area contributed by atoms with E-state index in [1.807, 2.05) is 23.4 Å². The Morgan fingerprint density at radius 3 is 2.52 bits per heavy atom. The predicted octanol–water partition coefficient (Wildman–Crippen LogP) is 4.75. The average Bonchev–Trinajstić information content (AvgIpc) is 3.74. The number of aromatic amines is 1. The fraction of sp³-hybridized carbons (Fsp3) is 0.353. The Bertz CT molecular complexity index is 1670. The number of nitrogens with zero attached hydrogens (tertiary/aromatic N) is 5. The van der Waals surface area contributed by atoms with Crippen molar-refractivity contribution in [2.45, 2.75) is 33.4 Å². The number of H-pyrrole nitrogens is 1. The number of carbonyl (C=O) groups is 1. The van der Waals surface area contributed by atoms with E-state index in [0.717, 1.165) is 73.7 Å². The lowest BCUT2D eigenvalue weighted by Gasteiger charge is -2.41. The third kappa shape index (κ3) is 5.00. The first-order chi connectivity index (χ1) is 20.5. The van der Waals surface area contributed by atoms with Crippen LogP contribution in [0.2, 0.25) is 0 Å². The molecule has 2 aromatic heterocycles. The van der Waals surface area contributed by atoms with Crippen LogP contribution in [-0.4, -0.2) is 77.5 Å². The zero-order valence-electron chi connectivity index (χ0n) is 24.7. The van der Waals surface area contributed by atoms with Gasteiger partial charge in [0.25, 0.3) is 5.91 Å². The lowest BCUT2D eigenvalue weighted by Crippen LogP contribution is -2.54. The van der Waals surface area contributed by atoms with Gasteiger partial charge in [-0.25, -0.2) is 4.98 Å². The third-order valence-electron chi connectivity index (χ3n) is 9.14. The number of rotatable bonds is 6. The number of aromatic nitrogens is 2. The monoisotopic (exact) mass is 561 g/mol. The van der Waals surface area contributed by atoms with Crippen molar-refractivity contribution in [3.63, 3.8) is 0 Å². The summed E-state index contributed by atoms with van der Waals surface area (Å²) in [5.74, 6) is 1.10. The molecule has 3 aliphatic rings. The number of para-hydroxylation sites is 1. The van der Waals surface area contributed by atoms with Gasteiger partial charge in [0.2, 0.25) is 0 Å². The van der Waals surface area contributed by atoms with Crippen LogP contribution in [0.4, 0.5) is 11.5 Å². The number of hydrogen-bond acceptors (Lipinski definition) is 6. The van der Waals surface area contributed by atoms with Crippen molar-refractivity contribution >= 4 is 34.0 Å². The van der Waals surface area contributed by atoms with Gasteiger partial charge in [0.15, 0.2) is 5.82 Å².